The van der Waals surface area contributed by atoms with Gasteiger partial charge in [-0.1, -0.05) is 98.8 Å². The molecular formula is C54H67N7O14. The number of phenolic OH excluding ortho intramolecular Hbond substituents is 2. The predicted molar refractivity (Wildman–Crippen MR) is 274 cm³/mol. The maximum absolute atomic E-state index is 14.5. The molecule has 1 fully saturated rings. The first kappa shape index (κ1) is 59.2. The molecule has 0 spiro atoms. The van der Waals surface area contributed by atoms with E-state index in [9.17, 15) is 63.6 Å². The third kappa shape index (κ3) is 18.6. The average Bonchev–Trinajstić information content (AvgIpc) is 3.37. The molecule has 21 nitrogen and oxygen atoms in total. The van der Waals surface area contributed by atoms with Crippen LogP contribution in [-0.2, 0) is 67.2 Å². The number of ether oxygens (including phenoxy) is 1. The number of aliphatic carboxylic acids is 2. The fourth-order valence-corrected chi connectivity index (χ4v) is 7.94. The lowest BCUT2D eigenvalue weighted by atomic mass is 9.94. The van der Waals surface area contributed by atoms with Crippen molar-refractivity contribution >= 4 is 53.3 Å². The fraction of sp³-hybridized carbons (Fsp3) is 0.389. The molecule has 1 heterocycles. The third-order valence-electron chi connectivity index (χ3n) is 12.6. The zero-order valence-electron chi connectivity index (χ0n) is 42.7. The molecule has 3 aromatic carbocycles. The minimum absolute atomic E-state index is 0.100. The average molecular weight is 1040 g/mol. The van der Waals surface area contributed by atoms with Crippen molar-refractivity contribution in [1.29, 1.82) is 0 Å². The first-order valence-electron chi connectivity index (χ1n) is 24.2. The molecule has 7 amide bonds. The summed E-state index contributed by atoms with van der Waals surface area (Å²) in [5.74, 6) is -11.3. The van der Waals surface area contributed by atoms with E-state index in [1.54, 1.807) is 20.1 Å². The number of nitrogens with zero attached hydrogens (tertiary/aromatic N) is 1. The third-order valence-corrected chi connectivity index (χ3v) is 12.6. The van der Waals surface area contributed by atoms with E-state index in [1.165, 1.54) is 75.5 Å². The maximum Gasteiger partial charge on any atom is 0.326 e. The van der Waals surface area contributed by atoms with Crippen LogP contribution in [0.4, 0.5) is 0 Å². The van der Waals surface area contributed by atoms with Crippen molar-refractivity contribution in [1.82, 2.24) is 36.8 Å². The first-order chi connectivity index (χ1) is 35.4. The zero-order chi connectivity index (χ0) is 55.5. The number of carboxylic acids is 2. The maximum atomic E-state index is 14.5. The SMILES string of the molecule is C=C1C(=O)N[C@H](C)C(=O)N[C@@H](Cc2ccc(O)cc2)C(=O)N[C@@H](C(=O)O)CC(=O)N[C@@H](Cc2ccc(O)cc2)C(=O)N[C@@H](/C=C/C(C)=C/[C@H](C)[C@H](Cc2ccccc2)OC)[C@H](C)C(=O)N[C@@H](C(=O)O)CCC(=O)N1C. The van der Waals surface area contributed by atoms with Crippen LogP contribution in [0, 0.1) is 11.8 Å². The fourth-order valence-electron chi connectivity index (χ4n) is 7.94. The van der Waals surface area contributed by atoms with E-state index in [4.69, 9.17) is 4.74 Å². The Bertz CT molecular complexity index is 2600. The van der Waals surface area contributed by atoms with E-state index in [-0.39, 0.29) is 36.4 Å². The number of rotatable bonds is 13. The molecule has 21 heteroatoms. The molecule has 1 saturated heterocycles. The quantitative estimate of drug-likeness (QED) is 0.0867. The second-order valence-corrected chi connectivity index (χ2v) is 18.5. The molecule has 3 aromatic rings. The molecule has 4 rings (SSSR count). The van der Waals surface area contributed by atoms with Gasteiger partial charge in [0.05, 0.1) is 24.5 Å². The number of carbonyl (C=O) groups excluding carboxylic acids is 7. The Morgan fingerprint density at radius 1 is 0.720 bits per heavy atom. The van der Waals surface area contributed by atoms with Crippen molar-refractivity contribution in [2.24, 2.45) is 11.8 Å². The Hall–Kier alpha value is -8.33. The number of amides is 7. The number of benzene rings is 3. The summed E-state index contributed by atoms with van der Waals surface area (Å²) in [5.41, 5.74) is 2.13. The van der Waals surface area contributed by atoms with Gasteiger partial charge in [0.25, 0.3) is 5.91 Å². The number of hydrogen-bond donors (Lipinski definition) is 10. The van der Waals surface area contributed by atoms with E-state index in [0.717, 1.165) is 10.5 Å². The number of phenols is 2. The molecule has 402 valence electrons. The van der Waals surface area contributed by atoms with Gasteiger partial charge in [-0.3, -0.25) is 33.6 Å². The molecule has 1 aliphatic heterocycles. The Labute approximate surface area is 434 Å². The number of allylic oxidation sites excluding steroid dienone is 2. The standard InChI is InChI=1S/C54H67N7O14/c1-30(25-31(2)45(75-7)28-35-11-9-8-10-12-35)13-22-40-32(3)48(66)58-41(53(71)72)23-24-47(65)61(6)34(5)50(68)55-33(4)49(67)59-43(27-37-16-20-39(63)21-17-37)52(70)60-44(54(73)74)29-46(64)56-42(51(69)57-40)26-36-14-18-38(62)19-15-36/h8-22,25,31-33,40-45,62-63H,5,23-24,26-29H2,1-4,6-7H3,(H,55,68)(H,56,64)(H,57,69)(H,58,66)(H,59,67)(H,60,70)(H,71,72)(H,73,74)/b22-13+,30-25+/t31-,32-,33+,40-,41+,42-,43-,44+,45-/m0/s1. The second kappa shape index (κ2) is 28.2. The van der Waals surface area contributed by atoms with Crippen molar-refractivity contribution in [3.05, 3.63) is 132 Å². The smallest absolute Gasteiger partial charge is 0.326 e. The second-order valence-electron chi connectivity index (χ2n) is 18.5. The number of carbonyl (C=O) groups is 9. The van der Waals surface area contributed by atoms with Gasteiger partial charge in [-0.15, -0.1) is 0 Å². The highest BCUT2D eigenvalue weighted by Crippen LogP contribution is 2.19. The number of hydrogen-bond acceptors (Lipinski definition) is 12. The summed E-state index contributed by atoms with van der Waals surface area (Å²) >= 11 is 0. The monoisotopic (exact) mass is 1040 g/mol. The van der Waals surface area contributed by atoms with Crippen LogP contribution in [0.5, 0.6) is 11.5 Å². The van der Waals surface area contributed by atoms with Gasteiger partial charge in [-0.25, -0.2) is 9.59 Å². The highest BCUT2D eigenvalue weighted by Gasteiger charge is 2.34. The van der Waals surface area contributed by atoms with Gasteiger partial charge in [-0.05, 0) is 67.6 Å². The summed E-state index contributed by atoms with van der Waals surface area (Å²) in [4.78, 5) is 123. The van der Waals surface area contributed by atoms with Gasteiger partial charge in [0, 0.05) is 39.3 Å². The van der Waals surface area contributed by atoms with E-state index in [0.29, 0.717) is 23.1 Å². The topological polar surface area (TPSA) is 319 Å². The molecule has 10 N–H and O–H groups in total. The molecule has 0 saturated carbocycles. The van der Waals surface area contributed by atoms with E-state index < -0.39 is 120 Å². The van der Waals surface area contributed by atoms with Gasteiger partial charge >= 0.3 is 11.9 Å². The number of carboxylic acid groups (broad SMARTS) is 2. The minimum Gasteiger partial charge on any atom is -0.508 e. The van der Waals surface area contributed by atoms with Crippen LogP contribution >= 0.6 is 0 Å². The summed E-state index contributed by atoms with van der Waals surface area (Å²) in [6.45, 7) is 10.1. The van der Waals surface area contributed by atoms with Crippen LogP contribution < -0.4 is 31.9 Å². The predicted octanol–water partition coefficient (Wildman–Crippen LogP) is 2.17. The molecule has 0 aliphatic carbocycles. The Morgan fingerprint density at radius 2 is 1.25 bits per heavy atom. The normalized spacial score (nSPS) is 23.5. The van der Waals surface area contributed by atoms with Crippen LogP contribution in [0.15, 0.2) is 115 Å². The molecule has 0 radical (unpaired) electrons. The summed E-state index contributed by atoms with van der Waals surface area (Å²) < 4.78 is 5.82. The van der Waals surface area contributed by atoms with Crippen molar-refractivity contribution < 1.29 is 68.3 Å². The number of aromatic hydroxyl groups is 2. The lowest BCUT2D eigenvalue weighted by Crippen LogP contribution is -2.57. The summed E-state index contributed by atoms with van der Waals surface area (Å²) in [7, 11) is 2.80. The van der Waals surface area contributed by atoms with Gasteiger partial charge < -0.3 is 62.0 Å². The lowest BCUT2D eigenvalue weighted by molar-refractivity contribution is -0.144. The van der Waals surface area contributed by atoms with E-state index in [1.807, 2.05) is 43.3 Å². The van der Waals surface area contributed by atoms with Gasteiger partial charge in [0.15, 0.2) is 0 Å². The summed E-state index contributed by atoms with van der Waals surface area (Å²) in [6, 6.07) is 11.7. The largest absolute Gasteiger partial charge is 0.508 e. The van der Waals surface area contributed by atoms with Crippen molar-refractivity contribution in [3.63, 3.8) is 0 Å². The molecular weight excluding hydrogens is 971 g/mol. The van der Waals surface area contributed by atoms with Gasteiger partial charge in [0.2, 0.25) is 35.4 Å². The molecule has 9 atom stereocenters. The van der Waals surface area contributed by atoms with Crippen molar-refractivity contribution in [2.75, 3.05) is 14.2 Å². The minimum atomic E-state index is -1.94. The number of likely N-dealkylation sites (N-methyl/N-ethyl adjacent to an activating group) is 1. The van der Waals surface area contributed by atoms with Crippen LogP contribution in [0.1, 0.15) is 63.6 Å². The molecule has 75 heavy (non-hydrogen) atoms. The number of nitrogens with one attached hydrogen (secondary N) is 6. The van der Waals surface area contributed by atoms with Crippen LogP contribution in [0.3, 0.4) is 0 Å². The number of methoxy groups -OCH3 is 1. The van der Waals surface area contributed by atoms with Crippen molar-refractivity contribution in [3.8, 4) is 11.5 Å². The van der Waals surface area contributed by atoms with Crippen LogP contribution in [0.25, 0.3) is 0 Å². The zero-order valence-corrected chi connectivity index (χ0v) is 42.7. The van der Waals surface area contributed by atoms with Crippen LogP contribution in [0.2, 0.25) is 0 Å². The first-order valence-corrected chi connectivity index (χ1v) is 24.2. The lowest BCUT2D eigenvalue weighted by Gasteiger charge is -2.27. The molecule has 0 bridgehead atoms. The highest BCUT2D eigenvalue weighted by molar-refractivity contribution is 6.00. The molecule has 0 aromatic heterocycles. The Balaban J connectivity index is 1.77. The van der Waals surface area contributed by atoms with Gasteiger partial charge in [0.1, 0.15) is 47.4 Å². The van der Waals surface area contributed by atoms with Gasteiger partial charge in [-0.2, -0.15) is 0 Å². The summed E-state index contributed by atoms with van der Waals surface area (Å²) in [5, 5.41) is 55.2. The van der Waals surface area contributed by atoms with E-state index >= 15 is 0 Å². The molecule has 0 unspecified atom stereocenters. The Kier molecular flexibility index (Phi) is 22.3. The molecule has 1 aliphatic rings. The van der Waals surface area contributed by atoms with Crippen molar-refractivity contribution in [2.45, 2.75) is 109 Å². The van der Waals surface area contributed by atoms with E-state index in [2.05, 4.69) is 38.5 Å². The Morgan fingerprint density at radius 3 is 1.80 bits per heavy atom. The van der Waals surface area contributed by atoms with Crippen LogP contribution in [-0.4, -0.2) is 135 Å². The summed E-state index contributed by atoms with van der Waals surface area (Å²) in [6.07, 6.45) is 3.06. The highest BCUT2D eigenvalue weighted by atomic mass is 16.5.